The molecule has 1 spiro atoms. The minimum Gasteiger partial charge on any atom is -0.459 e. The van der Waals surface area contributed by atoms with Gasteiger partial charge in [-0.25, -0.2) is 4.98 Å². The molecule has 5 nitrogen and oxygen atoms in total. The van der Waals surface area contributed by atoms with Crippen LogP contribution in [0.15, 0.2) is 35.2 Å². The van der Waals surface area contributed by atoms with E-state index in [1.54, 1.807) is 18.4 Å². The largest absolute Gasteiger partial charge is 0.459 e. The van der Waals surface area contributed by atoms with Gasteiger partial charge in [-0.3, -0.25) is 4.79 Å². The predicted molar refractivity (Wildman–Crippen MR) is 67.8 cm³/mol. The fourth-order valence-corrected chi connectivity index (χ4v) is 3.39. The third-order valence-corrected chi connectivity index (χ3v) is 4.39. The Balaban J connectivity index is 1.60. The Hall–Kier alpha value is -2.04. The molecule has 2 aliphatic rings. The third-order valence-electron chi connectivity index (χ3n) is 4.39. The van der Waals surface area contributed by atoms with E-state index in [4.69, 9.17) is 4.42 Å². The van der Waals surface area contributed by atoms with Crippen LogP contribution in [0.3, 0.4) is 0 Å². The summed E-state index contributed by atoms with van der Waals surface area (Å²) < 4.78 is 7.41. The number of amides is 1. The van der Waals surface area contributed by atoms with Crippen molar-refractivity contribution in [3.8, 4) is 0 Å². The van der Waals surface area contributed by atoms with Crippen molar-refractivity contribution in [2.75, 3.05) is 13.1 Å². The Morgan fingerprint density at radius 3 is 3.11 bits per heavy atom. The minimum atomic E-state index is -0.00752. The zero-order valence-electron chi connectivity index (χ0n) is 10.6. The van der Waals surface area contributed by atoms with Crippen molar-refractivity contribution in [2.45, 2.75) is 24.8 Å². The minimum absolute atomic E-state index is 0.00752. The third kappa shape index (κ3) is 1.47. The molecule has 2 aliphatic heterocycles. The predicted octanol–water partition coefficient (Wildman–Crippen LogP) is 1.66. The van der Waals surface area contributed by atoms with Gasteiger partial charge in [0, 0.05) is 37.4 Å². The van der Waals surface area contributed by atoms with Gasteiger partial charge in [-0.15, -0.1) is 0 Å². The molecule has 0 N–H and O–H groups in total. The molecule has 2 aromatic heterocycles. The van der Waals surface area contributed by atoms with Crippen molar-refractivity contribution >= 4 is 5.91 Å². The van der Waals surface area contributed by atoms with Crippen molar-refractivity contribution in [1.82, 2.24) is 14.5 Å². The summed E-state index contributed by atoms with van der Waals surface area (Å²) in [4.78, 5) is 18.7. The summed E-state index contributed by atoms with van der Waals surface area (Å²) in [5, 5.41) is 0. The quantitative estimate of drug-likeness (QED) is 0.780. The molecule has 5 heteroatoms. The van der Waals surface area contributed by atoms with Crippen LogP contribution in [0.1, 0.15) is 29.2 Å². The molecule has 1 atom stereocenters. The maximum Gasteiger partial charge on any atom is 0.289 e. The van der Waals surface area contributed by atoms with E-state index in [9.17, 15) is 4.79 Å². The SMILES string of the molecule is O=C(c1ccco1)N1CC[C@@]2(CCn3ccnc32)C1. The Morgan fingerprint density at radius 2 is 2.26 bits per heavy atom. The summed E-state index contributed by atoms with van der Waals surface area (Å²) in [7, 11) is 0. The van der Waals surface area contributed by atoms with E-state index < -0.39 is 0 Å². The Morgan fingerprint density at radius 1 is 1.37 bits per heavy atom. The van der Waals surface area contributed by atoms with E-state index in [0.717, 1.165) is 38.3 Å². The average molecular weight is 257 g/mol. The first kappa shape index (κ1) is 10.8. The normalized spacial score (nSPS) is 25.2. The average Bonchev–Trinajstić information content (AvgIpc) is 3.15. The van der Waals surface area contributed by atoms with Gasteiger partial charge < -0.3 is 13.9 Å². The summed E-state index contributed by atoms with van der Waals surface area (Å²) in [6, 6.07) is 3.48. The molecule has 2 aromatic rings. The lowest BCUT2D eigenvalue weighted by atomic mass is 9.85. The summed E-state index contributed by atoms with van der Waals surface area (Å²) in [5.41, 5.74) is 0.0613. The molecule has 1 fully saturated rings. The maximum absolute atomic E-state index is 12.3. The van der Waals surface area contributed by atoms with Crippen LogP contribution < -0.4 is 0 Å². The van der Waals surface area contributed by atoms with Gasteiger partial charge >= 0.3 is 0 Å². The molecular weight excluding hydrogens is 242 g/mol. The molecule has 0 saturated carbocycles. The highest BCUT2D eigenvalue weighted by Gasteiger charge is 2.47. The highest BCUT2D eigenvalue weighted by molar-refractivity contribution is 5.91. The summed E-state index contributed by atoms with van der Waals surface area (Å²) in [5.74, 6) is 1.56. The van der Waals surface area contributed by atoms with Crippen LogP contribution in [-0.4, -0.2) is 33.4 Å². The van der Waals surface area contributed by atoms with Gasteiger partial charge in [0.15, 0.2) is 5.76 Å². The van der Waals surface area contributed by atoms with E-state index in [2.05, 4.69) is 9.55 Å². The lowest BCUT2D eigenvalue weighted by molar-refractivity contribution is 0.0751. The van der Waals surface area contributed by atoms with E-state index in [1.165, 1.54) is 0 Å². The number of rotatable bonds is 1. The first-order valence-corrected chi connectivity index (χ1v) is 6.63. The molecule has 19 heavy (non-hydrogen) atoms. The van der Waals surface area contributed by atoms with Gasteiger partial charge in [-0.2, -0.15) is 0 Å². The van der Waals surface area contributed by atoms with Gasteiger partial charge in [0.05, 0.1) is 6.26 Å². The number of hydrogen-bond donors (Lipinski definition) is 0. The molecule has 0 unspecified atom stereocenters. The topological polar surface area (TPSA) is 51.3 Å². The number of fused-ring (bicyclic) bond motifs is 2. The number of aryl methyl sites for hydroxylation is 1. The number of hydrogen-bond acceptors (Lipinski definition) is 3. The molecule has 0 aliphatic carbocycles. The van der Waals surface area contributed by atoms with Crippen LogP contribution in [0, 0.1) is 0 Å². The van der Waals surface area contributed by atoms with Crippen LogP contribution in [0.4, 0.5) is 0 Å². The molecule has 1 saturated heterocycles. The lowest BCUT2D eigenvalue weighted by Gasteiger charge is -2.22. The standard InChI is InChI=1S/C14H15N3O2/c18-12(11-2-1-9-19-11)17-7-4-14(10-17)3-6-16-8-5-15-13(14)16/h1-2,5,8-9H,3-4,6-7,10H2/t14-/m0/s1. The summed E-state index contributed by atoms with van der Waals surface area (Å²) in [6.45, 7) is 2.55. The van der Waals surface area contributed by atoms with Crippen LogP contribution in [0.5, 0.6) is 0 Å². The molecule has 4 rings (SSSR count). The Labute approximate surface area is 110 Å². The van der Waals surface area contributed by atoms with Crippen molar-refractivity contribution in [1.29, 1.82) is 0 Å². The fraction of sp³-hybridized carbons (Fsp3) is 0.429. The Bertz CT molecular complexity index is 616. The first-order chi connectivity index (χ1) is 9.28. The first-order valence-electron chi connectivity index (χ1n) is 6.63. The van der Waals surface area contributed by atoms with E-state index in [1.807, 2.05) is 17.3 Å². The van der Waals surface area contributed by atoms with E-state index >= 15 is 0 Å². The number of aromatic nitrogens is 2. The molecule has 0 aromatic carbocycles. The zero-order valence-corrected chi connectivity index (χ0v) is 10.6. The second-order valence-electron chi connectivity index (χ2n) is 5.43. The van der Waals surface area contributed by atoms with Crippen molar-refractivity contribution in [3.63, 3.8) is 0 Å². The smallest absolute Gasteiger partial charge is 0.289 e. The van der Waals surface area contributed by atoms with Gasteiger partial charge in [0.2, 0.25) is 0 Å². The summed E-state index contributed by atoms with van der Waals surface area (Å²) >= 11 is 0. The number of likely N-dealkylation sites (tertiary alicyclic amines) is 1. The van der Waals surface area contributed by atoms with E-state index in [0.29, 0.717) is 5.76 Å². The highest BCUT2D eigenvalue weighted by atomic mass is 16.3. The summed E-state index contributed by atoms with van der Waals surface area (Å²) in [6.07, 6.45) is 7.50. The van der Waals surface area contributed by atoms with Crippen molar-refractivity contribution < 1.29 is 9.21 Å². The second-order valence-corrected chi connectivity index (χ2v) is 5.43. The van der Waals surface area contributed by atoms with Gasteiger partial charge in [-0.1, -0.05) is 0 Å². The second kappa shape index (κ2) is 3.73. The van der Waals surface area contributed by atoms with Gasteiger partial charge in [0.1, 0.15) is 5.82 Å². The maximum atomic E-state index is 12.3. The van der Waals surface area contributed by atoms with Crippen LogP contribution in [-0.2, 0) is 12.0 Å². The van der Waals surface area contributed by atoms with Gasteiger partial charge in [0.25, 0.3) is 5.91 Å². The highest BCUT2D eigenvalue weighted by Crippen LogP contribution is 2.41. The fourth-order valence-electron chi connectivity index (χ4n) is 3.39. The monoisotopic (exact) mass is 257 g/mol. The van der Waals surface area contributed by atoms with E-state index in [-0.39, 0.29) is 11.3 Å². The van der Waals surface area contributed by atoms with Crippen molar-refractivity contribution in [2.24, 2.45) is 0 Å². The number of nitrogens with zero attached hydrogens (tertiary/aromatic N) is 3. The molecule has 4 heterocycles. The van der Waals surface area contributed by atoms with Crippen LogP contribution in [0.25, 0.3) is 0 Å². The number of furan rings is 1. The molecular formula is C14H15N3O2. The number of carbonyl (C=O) groups is 1. The lowest BCUT2D eigenvalue weighted by Crippen LogP contribution is -2.33. The van der Waals surface area contributed by atoms with Crippen molar-refractivity contribution in [3.05, 3.63) is 42.4 Å². The Kier molecular flexibility index (Phi) is 2.13. The molecule has 98 valence electrons. The number of carbonyl (C=O) groups excluding carboxylic acids is 1. The van der Waals surface area contributed by atoms with Crippen LogP contribution in [0.2, 0.25) is 0 Å². The van der Waals surface area contributed by atoms with Gasteiger partial charge in [-0.05, 0) is 25.0 Å². The zero-order chi connectivity index (χ0) is 12.9. The molecule has 0 bridgehead atoms. The molecule has 0 radical (unpaired) electrons. The van der Waals surface area contributed by atoms with Crippen LogP contribution >= 0.6 is 0 Å². The number of imidazole rings is 1. The molecule has 1 amide bonds.